The van der Waals surface area contributed by atoms with Crippen molar-refractivity contribution >= 4 is 75.7 Å². The molecule has 70 heavy (non-hydrogen) atoms. The number of fused-ring (bicyclic) bond motifs is 1. The van der Waals surface area contributed by atoms with Crippen molar-refractivity contribution in [2.24, 2.45) is 0 Å². The van der Waals surface area contributed by atoms with Gasteiger partial charge < -0.3 is 0 Å². The van der Waals surface area contributed by atoms with E-state index in [-0.39, 0.29) is 21.7 Å². The van der Waals surface area contributed by atoms with Crippen LogP contribution in [0.1, 0.15) is 105 Å². The molecular weight excluding hydrogens is 845 g/mol. The number of rotatable bonds is 4. The Kier molecular flexibility index (Phi) is 9.55. The molecular formula is C68H62N2. The van der Waals surface area contributed by atoms with Crippen LogP contribution >= 0.6 is 0 Å². The highest BCUT2D eigenvalue weighted by Gasteiger charge is 2.27. The third-order valence-corrected chi connectivity index (χ3v) is 15.2. The van der Waals surface area contributed by atoms with Crippen LogP contribution < -0.4 is 0 Å². The lowest BCUT2D eigenvalue weighted by atomic mass is 9.77. The molecule has 0 aliphatic rings. The minimum atomic E-state index is -0.0809. The fraction of sp³-hybridized carbons (Fsp3) is 0.235. The van der Waals surface area contributed by atoms with Crippen molar-refractivity contribution in [3.63, 3.8) is 0 Å². The number of para-hydroxylation sites is 2. The normalized spacial score (nSPS) is 13.1. The maximum Gasteiger partial charge on any atom is 0.0973 e. The number of aromatic nitrogens is 2. The Bertz CT molecular complexity index is 3740. The predicted molar refractivity (Wildman–Crippen MR) is 303 cm³/mol. The second-order valence-corrected chi connectivity index (χ2v) is 24.3. The van der Waals surface area contributed by atoms with Crippen molar-refractivity contribution in [2.75, 3.05) is 0 Å². The zero-order valence-corrected chi connectivity index (χ0v) is 42.9. The lowest BCUT2D eigenvalue weighted by Gasteiger charge is -2.27. The third kappa shape index (κ3) is 7.05. The van der Waals surface area contributed by atoms with E-state index in [0.29, 0.717) is 0 Å². The Hall–Kier alpha value is -7.16. The van der Waals surface area contributed by atoms with Gasteiger partial charge in [0.15, 0.2) is 0 Å². The van der Waals surface area contributed by atoms with E-state index in [4.69, 9.17) is 9.97 Å². The second-order valence-electron chi connectivity index (χ2n) is 24.3. The van der Waals surface area contributed by atoms with Crippen LogP contribution in [-0.2, 0) is 21.7 Å². The average molecular weight is 907 g/mol. The summed E-state index contributed by atoms with van der Waals surface area (Å²) in [6.45, 7) is 27.9. The summed E-state index contributed by atoms with van der Waals surface area (Å²) in [5.41, 5.74) is 16.0. The average Bonchev–Trinajstić information content (AvgIpc) is 3.32. The van der Waals surface area contributed by atoms with E-state index in [0.717, 1.165) is 33.5 Å². The first kappa shape index (κ1) is 44.1. The van der Waals surface area contributed by atoms with Gasteiger partial charge in [0.2, 0.25) is 0 Å². The van der Waals surface area contributed by atoms with Gasteiger partial charge in [-0.1, -0.05) is 217 Å². The van der Waals surface area contributed by atoms with Crippen molar-refractivity contribution in [2.45, 2.75) is 105 Å². The van der Waals surface area contributed by atoms with E-state index < -0.39 is 0 Å². The van der Waals surface area contributed by atoms with Crippen LogP contribution in [0.15, 0.2) is 158 Å². The van der Waals surface area contributed by atoms with Gasteiger partial charge in [0.25, 0.3) is 0 Å². The molecule has 0 saturated carbocycles. The molecule has 12 aromatic rings. The number of hydrogen-bond acceptors (Lipinski definition) is 2. The van der Waals surface area contributed by atoms with Crippen molar-refractivity contribution < 1.29 is 0 Å². The Balaban J connectivity index is 0.994. The van der Waals surface area contributed by atoms with E-state index in [1.54, 1.807) is 0 Å². The number of hydrogen-bond donors (Lipinski definition) is 0. The number of benzene rings is 11. The van der Waals surface area contributed by atoms with Crippen LogP contribution in [0.4, 0.5) is 0 Å². The van der Waals surface area contributed by atoms with Gasteiger partial charge >= 0.3 is 0 Å². The van der Waals surface area contributed by atoms with Crippen molar-refractivity contribution in [1.29, 1.82) is 0 Å². The van der Waals surface area contributed by atoms with Crippen LogP contribution in [0, 0.1) is 0 Å². The van der Waals surface area contributed by atoms with Gasteiger partial charge in [-0.05, 0) is 155 Å². The first-order valence-corrected chi connectivity index (χ1v) is 25.2. The topological polar surface area (TPSA) is 25.8 Å². The quantitative estimate of drug-likeness (QED) is 0.164. The molecule has 1 aromatic heterocycles. The molecule has 0 fully saturated rings. The maximum atomic E-state index is 5.38. The van der Waals surface area contributed by atoms with Gasteiger partial charge in [-0.3, -0.25) is 0 Å². The van der Waals surface area contributed by atoms with Gasteiger partial charge in [-0.25, -0.2) is 9.97 Å². The van der Waals surface area contributed by atoms with E-state index in [1.807, 2.05) is 0 Å². The molecule has 0 radical (unpaired) electrons. The molecule has 344 valence electrons. The van der Waals surface area contributed by atoms with Gasteiger partial charge in [0.05, 0.1) is 22.4 Å². The number of nitrogens with zero attached hydrogens (tertiary/aromatic N) is 2. The molecule has 0 bridgehead atoms. The van der Waals surface area contributed by atoms with Gasteiger partial charge in [-0.15, -0.1) is 0 Å². The fourth-order valence-electron chi connectivity index (χ4n) is 11.5. The smallest absolute Gasteiger partial charge is 0.0973 e. The lowest BCUT2D eigenvalue weighted by Crippen LogP contribution is -2.13. The summed E-state index contributed by atoms with van der Waals surface area (Å²) >= 11 is 0. The molecule has 0 aliphatic heterocycles. The fourth-order valence-corrected chi connectivity index (χ4v) is 11.5. The Morgan fingerprint density at radius 1 is 0.286 bits per heavy atom. The predicted octanol–water partition coefficient (Wildman–Crippen LogP) is 19.3. The Morgan fingerprint density at radius 3 is 0.900 bits per heavy atom. The van der Waals surface area contributed by atoms with Crippen molar-refractivity contribution in [3.05, 3.63) is 180 Å². The van der Waals surface area contributed by atoms with Crippen LogP contribution in [0.25, 0.3) is 120 Å². The highest BCUT2D eigenvalue weighted by molar-refractivity contribution is 6.27. The summed E-state index contributed by atoms with van der Waals surface area (Å²) in [5.74, 6) is 0. The van der Waals surface area contributed by atoms with Crippen LogP contribution in [0.2, 0.25) is 0 Å². The van der Waals surface area contributed by atoms with Gasteiger partial charge in [0, 0.05) is 11.1 Å². The highest BCUT2D eigenvalue weighted by atomic mass is 14.8. The summed E-state index contributed by atoms with van der Waals surface area (Å²) < 4.78 is 0. The van der Waals surface area contributed by atoms with Crippen molar-refractivity contribution in [3.8, 4) is 44.8 Å². The van der Waals surface area contributed by atoms with Crippen molar-refractivity contribution in [1.82, 2.24) is 9.97 Å². The van der Waals surface area contributed by atoms with Gasteiger partial charge in [-0.2, -0.15) is 0 Å². The monoisotopic (exact) mass is 906 g/mol. The largest absolute Gasteiger partial charge is 0.244 e. The zero-order chi connectivity index (χ0) is 48.8. The molecule has 0 saturated heterocycles. The molecule has 0 spiro atoms. The third-order valence-electron chi connectivity index (χ3n) is 15.2. The van der Waals surface area contributed by atoms with Gasteiger partial charge in [0.1, 0.15) is 0 Å². The van der Waals surface area contributed by atoms with Crippen LogP contribution in [-0.4, -0.2) is 9.97 Å². The van der Waals surface area contributed by atoms with E-state index in [9.17, 15) is 0 Å². The summed E-state index contributed by atoms with van der Waals surface area (Å²) in [6, 6.07) is 59.8. The molecule has 0 amide bonds. The molecule has 2 heteroatoms. The molecule has 0 aliphatic carbocycles. The molecule has 0 unspecified atom stereocenters. The minimum Gasteiger partial charge on any atom is -0.244 e. The molecule has 2 nitrogen and oxygen atoms in total. The molecule has 1 heterocycles. The molecule has 12 rings (SSSR count). The molecule has 0 N–H and O–H groups in total. The summed E-state index contributed by atoms with van der Waals surface area (Å²) in [4.78, 5) is 10.8. The second kappa shape index (κ2) is 15.2. The highest BCUT2D eigenvalue weighted by Crippen LogP contribution is 2.48. The minimum absolute atomic E-state index is 0.0647. The van der Waals surface area contributed by atoms with E-state index in [1.165, 1.54) is 109 Å². The van der Waals surface area contributed by atoms with E-state index in [2.05, 4.69) is 241 Å². The van der Waals surface area contributed by atoms with E-state index >= 15 is 0 Å². The Labute approximate surface area is 413 Å². The summed E-state index contributed by atoms with van der Waals surface area (Å²) in [6.07, 6.45) is 0. The first-order chi connectivity index (χ1) is 33.2. The van der Waals surface area contributed by atoms with Crippen LogP contribution in [0.5, 0.6) is 0 Å². The molecule has 0 atom stereocenters. The zero-order valence-electron chi connectivity index (χ0n) is 42.9. The lowest BCUT2D eigenvalue weighted by molar-refractivity contribution is 0.591. The summed E-state index contributed by atoms with van der Waals surface area (Å²) in [7, 11) is 0. The molecule has 11 aromatic carbocycles. The summed E-state index contributed by atoms with van der Waals surface area (Å²) in [5, 5.41) is 15.8. The van der Waals surface area contributed by atoms with Crippen LogP contribution in [0.3, 0.4) is 0 Å². The SMILES string of the molecule is CC(C)(C)c1cc2ccc3cc(C(C)(C)C)c(-c4ccc(-c5nc6ccccc6nc5-c5ccc(-c6c(C(C)(C)C)cc7ccc8cc(C(C)(C)C)cc9ccc6c7c89)cc5)cc4)c4ccc(c1)c2c34. The maximum absolute atomic E-state index is 5.38. The first-order valence-electron chi connectivity index (χ1n) is 25.2. The standard InChI is InChI=1S/C68H62N2/c1-65(2,3)49-33-43-25-27-47-37-53(67(7,8)9)59(51-31-29-45(35-49)57(43)61(47)51)39-17-21-41(22-18-39)63-64(70-56-16-14-13-15-55(56)69-63)42-23-19-40(20-24-42)60-52-32-30-46-36-50(66(4,5)6)34-44-26-28-48(62(52)58(44)46)38-54(60)68(10,11)12/h13-38H,1-12H3. The Morgan fingerprint density at radius 2 is 0.586 bits per heavy atom.